The third kappa shape index (κ3) is 2.58. The van der Waals surface area contributed by atoms with E-state index in [1.54, 1.807) is 0 Å². The Bertz CT molecular complexity index is 531. The highest BCUT2D eigenvalue weighted by atomic mass is 79.9. The topological polar surface area (TPSA) is 20.3 Å². The smallest absolute Gasteiger partial charge is 0.204 e. The maximum absolute atomic E-state index is 12.2. The average Bonchev–Trinajstić information content (AvgIpc) is 2.74. The molecule has 17 heavy (non-hydrogen) atoms. The van der Waals surface area contributed by atoms with E-state index in [9.17, 15) is 4.79 Å². The Kier molecular flexibility index (Phi) is 3.64. The molecule has 0 N–H and O–H groups in total. The summed E-state index contributed by atoms with van der Waals surface area (Å²) in [4.78, 5) is 14.9. The molecular weight excluding hydrogens is 298 g/mol. The molecule has 2 nitrogen and oxygen atoms in total. The van der Waals surface area contributed by atoms with Crippen molar-refractivity contribution in [2.75, 3.05) is 19.0 Å². The summed E-state index contributed by atoms with van der Waals surface area (Å²) in [5.41, 5.74) is 1.81. The van der Waals surface area contributed by atoms with E-state index in [0.29, 0.717) is 0 Å². The quantitative estimate of drug-likeness (QED) is 0.804. The molecular formula is C13H12BrNOS. The van der Waals surface area contributed by atoms with Crippen molar-refractivity contribution in [3.63, 3.8) is 0 Å². The Balaban J connectivity index is 2.29. The van der Waals surface area contributed by atoms with Gasteiger partial charge in [0.05, 0.1) is 4.88 Å². The van der Waals surface area contributed by atoms with Crippen LogP contribution in [-0.2, 0) is 0 Å². The molecule has 0 bridgehead atoms. The molecule has 0 saturated heterocycles. The fourth-order valence-corrected chi connectivity index (χ4v) is 3.01. The van der Waals surface area contributed by atoms with Crippen molar-refractivity contribution < 1.29 is 4.79 Å². The number of rotatable bonds is 3. The summed E-state index contributed by atoms with van der Waals surface area (Å²) in [6.45, 7) is 0. The molecule has 0 aliphatic rings. The van der Waals surface area contributed by atoms with Crippen LogP contribution in [-0.4, -0.2) is 19.9 Å². The number of benzene rings is 1. The molecule has 0 saturated carbocycles. The van der Waals surface area contributed by atoms with Gasteiger partial charge in [0.1, 0.15) is 0 Å². The Morgan fingerprint density at radius 1 is 1.18 bits per heavy atom. The predicted molar refractivity (Wildman–Crippen MR) is 76.2 cm³/mol. The first-order valence-corrected chi connectivity index (χ1v) is 6.82. The van der Waals surface area contributed by atoms with E-state index in [1.807, 2.05) is 54.7 Å². The molecule has 2 rings (SSSR count). The van der Waals surface area contributed by atoms with E-state index in [1.165, 1.54) is 11.3 Å². The summed E-state index contributed by atoms with van der Waals surface area (Å²) in [5.74, 6) is 0.0668. The Morgan fingerprint density at radius 3 is 2.29 bits per heavy atom. The molecule has 88 valence electrons. The van der Waals surface area contributed by atoms with Gasteiger partial charge in [-0.25, -0.2) is 0 Å². The molecule has 1 aromatic heterocycles. The van der Waals surface area contributed by atoms with E-state index >= 15 is 0 Å². The zero-order valence-corrected chi connectivity index (χ0v) is 12.0. The van der Waals surface area contributed by atoms with Gasteiger partial charge in [-0.05, 0) is 51.6 Å². The highest BCUT2D eigenvalue weighted by Gasteiger charge is 2.13. The minimum absolute atomic E-state index is 0.0668. The molecule has 2 aromatic rings. The van der Waals surface area contributed by atoms with E-state index in [-0.39, 0.29) is 5.78 Å². The van der Waals surface area contributed by atoms with E-state index in [0.717, 1.165) is 20.6 Å². The van der Waals surface area contributed by atoms with Gasteiger partial charge in [-0.3, -0.25) is 4.79 Å². The number of hydrogen-bond donors (Lipinski definition) is 0. The van der Waals surface area contributed by atoms with Crippen LogP contribution in [0.25, 0.3) is 0 Å². The number of carbonyl (C=O) groups excluding carboxylic acids is 1. The van der Waals surface area contributed by atoms with E-state index in [2.05, 4.69) is 15.9 Å². The summed E-state index contributed by atoms with van der Waals surface area (Å²) < 4.78 is 0.865. The highest BCUT2D eigenvalue weighted by Crippen LogP contribution is 2.26. The van der Waals surface area contributed by atoms with Gasteiger partial charge in [0.2, 0.25) is 5.78 Å². The minimum Gasteiger partial charge on any atom is -0.378 e. The van der Waals surface area contributed by atoms with Crippen LogP contribution in [0.3, 0.4) is 0 Å². The first-order valence-electron chi connectivity index (χ1n) is 5.14. The largest absolute Gasteiger partial charge is 0.378 e. The average molecular weight is 310 g/mol. The molecule has 0 aliphatic heterocycles. The standard InChI is InChI=1S/C13H12BrNOS/c1-15(2)10-5-3-9(4-6-10)12(16)13-11(14)7-8-17-13/h3-8H,1-2H3. The lowest BCUT2D eigenvalue weighted by Gasteiger charge is -2.12. The third-order valence-electron chi connectivity index (χ3n) is 2.47. The Hall–Kier alpha value is -1.13. The molecule has 0 aliphatic carbocycles. The van der Waals surface area contributed by atoms with Crippen LogP contribution in [0, 0.1) is 0 Å². The fraction of sp³-hybridized carbons (Fsp3) is 0.154. The number of carbonyl (C=O) groups is 1. The number of ketones is 1. The van der Waals surface area contributed by atoms with Crippen LogP contribution < -0.4 is 4.90 Å². The van der Waals surface area contributed by atoms with Crippen LogP contribution in [0.4, 0.5) is 5.69 Å². The zero-order valence-electron chi connectivity index (χ0n) is 9.61. The normalized spacial score (nSPS) is 10.3. The van der Waals surface area contributed by atoms with Gasteiger partial charge in [-0.2, -0.15) is 0 Å². The molecule has 0 radical (unpaired) electrons. The van der Waals surface area contributed by atoms with E-state index < -0.39 is 0 Å². The lowest BCUT2D eigenvalue weighted by atomic mass is 10.1. The number of hydrogen-bond acceptors (Lipinski definition) is 3. The van der Waals surface area contributed by atoms with Gasteiger partial charge in [0.25, 0.3) is 0 Å². The third-order valence-corrected chi connectivity index (χ3v) is 4.31. The molecule has 0 fully saturated rings. The first kappa shape index (κ1) is 12.3. The minimum atomic E-state index is 0.0668. The van der Waals surface area contributed by atoms with Crippen LogP contribution in [0.2, 0.25) is 0 Å². The van der Waals surface area contributed by atoms with Crippen molar-refractivity contribution in [3.8, 4) is 0 Å². The molecule has 0 amide bonds. The molecule has 0 spiro atoms. The monoisotopic (exact) mass is 309 g/mol. The van der Waals surface area contributed by atoms with Gasteiger partial charge in [0, 0.05) is 29.8 Å². The van der Waals surface area contributed by atoms with Crippen LogP contribution in [0.5, 0.6) is 0 Å². The summed E-state index contributed by atoms with van der Waals surface area (Å²) >= 11 is 4.84. The summed E-state index contributed by atoms with van der Waals surface area (Å²) in [6, 6.07) is 9.53. The SMILES string of the molecule is CN(C)c1ccc(C(=O)c2sccc2Br)cc1. The number of anilines is 1. The second-order valence-corrected chi connectivity index (χ2v) is 5.64. The predicted octanol–water partition coefficient (Wildman–Crippen LogP) is 3.81. The molecule has 1 heterocycles. The van der Waals surface area contributed by atoms with Crippen LogP contribution >= 0.6 is 27.3 Å². The van der Waals surface area contributed by atoms with Crippen LogP contribution in [0.1, 0.15) is 15.2 Å². The fourth-order valence-electron chi connectivity index (χ4n) is 1.50. The number of halogens is 1. The first-order chi connectivity index (χ1) is 8.09. The number of thiophene rings is 1. The van der Waals surface area contributed by atoms with Crippen LogP contribution in [0.15, 0.2) is 40.2 Å². The zero-order chi connectivity index (χ0) is 12.4. The maximum Gasteiger partial charge on any atom is 0.204 e. The Labute approximate surface area is 113 Å². The van der Waals surface area contributed by atoms with Gasteiger partial charge < -0.3 is 4.90 Å². The summed E-state index contributed by atoms with van der Waals surface area (Å²) in [5, 5.41) is 1.91. The molecule has 0 atom stereocenters. The van der Waals surface area contributed by atoms with Crippen molar-refractivity contribution >= 4 is 38.7 Å². The van der Waals surface area contributed by atoms with Crippen molar-refractivity contribution in [2.24, 2.45) is 0 Å². The van der Waals surface area contributed by atoms with Gasteiger partial charge in [-0.15, -0.1) is 11.3 Å². The van der Waals surface area contributed by atoms with Crippen molar-refractivity contribution in [1.82, 2.24) is 0 Å². The second kappa shape index (κ2) is 5.02. The number of nitrogens with zero attached hydrogens (tertiary/aromatic N) is 1. The van der Waals surface area contributed by atoms with Gasteiger partial charge >= 0.3 is 0 Å². The van der Waals surface area contributed by atoms with Gasteiger partial charge in [0.15, 0.2) is 0 Å². The highest BCUT2D eigenvalue weighted by molar-refractivity contribution is 9.10. The lowest BCUT2D eigenvalue weighted by Crippen LogP contribution is -2.08. The molecule has 0 unspecified atom stereocenters. The molecule has 4 heteroatoms. The Morgan fingerprint density at radius 2 is 1.82 bits per heavy atom. The van der Waals surface area contributed by atoms with Crippen molar-refractivity contribution in [2.45, 2.75) is 0 Å². The molecule has 1 aromatic carbocycles. The second-order valence-electron chi connectivity index (χ2n) is 3.87. The maximum atomic E-state index is 12.2. The lowest BCUT2D eigenvalue weighted by molar-refractivity contribution is 0.104. The van der Waals surface area contributed by atoms with Crippen molar-refractivity contribution in [3.05, 3.63) is 50.6 Å². The van der Waals surface area contributed by atoms with Crippen molar-refractivity contribution in [1.29, 1.82) is 0 Å². The summed E-state index contributed by atoms with van der Waals surface area (Å²) in [7, 11) is 3.96. The van der Waals surface area contributed by atoms with E-state index in [4.69, 9.17) is 0 Å². The summed E-state index contributed by atoms with van der Waals surface area (Å²) in [6.07, 6.45) is 0. The van der Waals surface area contributed by atoms with Gasteiger partial charge in [-0.1, -0.05) is 0 Å².